The first-order valence-electron chi connectivity index (χ1n) is 6.53. The van der Waals surface area contributed by atoms with Gasteiger partial charge in [-0.05, 0) is 48.3 Å². The van der Waals surface area contributed by atoms with Gasteiger partial charge >= 0.3 is 0 Å². The first-order valence-corrected chi connectivity index (χ1v) is 8.81. The Morgan fingerprint density at radius 3 is 2.62 bits per heavy atom. The fourth-order valence-electron chi connectivity index (χ4n) is 1.87. The molecule has 21 heavy (non-hydrogen) atoms. The van der Waals surface area contributed by atoms with Crippen molar-refractivity contribution in [2.24, 2.45) is 0 Å². The third kappa shape index (κ3) is 3.62. The number of nitrogens with one attached hydrogen (secondary N) is 1. The number of aromatic nitrogens is 3. The summed E-state index contributed by atoms with van der Waals surface area (Å²) in [6, 6.07) is 3.35. The summed E-state index contributed by atoms with van der Waals surface area (Å²) in [5.41, 5.74) is 0.711. The van der Waals surface area contributed by atoms with Crippen LogP contribution in [0.4, 0.5) is 5.82 Å². The summed E-state index contributed by atoms with van der Waals surface area (Å²) < 4.78 is 29.8. The summed E-state index contributed by atoms with van der Waals surface area (Å²) in [6.45, 7) is 6.35. The van der Waals surface area contributed by atoms with Gasteiger partial charge < -0.3 is 4.57 Å². The normalized spacial score (nSPS) is 11.6. The second-order valence-corrected chi connectivity index (χ2v) is 7.17. The molecule has 8 heteroatoms. The smallest absolute Gasteiger partial charge is 0.282 e. The summed E-state index contributed by atoms with van der Waals surface area (Å²) in [4.78, 5) is 8.29. The second kappa shape index (κ2) is 6.15. The Bertz CT molecular complexity index is 756. The molecule has 0 aliphatic heterocycles. The van der Waals surface area contributed by atoms with Gasteiger partial charge in [-0.25, -0.2) is 9.97 Å². The molecular weight excluding hydrogens is 356 g/mol. The predicted octanol–water partition coefficient (Wildman–Crippen LogP) is 2.87. The van der Waals surface area contributed by atoms with Crippen molar-refractivity contribution in [1.82, 2.24) is 14.5 Å². The average molecular weight is 373 g/mol. The van der Waals surface area contributed by atoms with Crippen LogP contribution >= 0.6 is 15.9 Å². The molecule has 0 aliphatic carbocycles. The van der Waals surface area contributed by atoms with E-state index in [2.05, 4.69) is 30.6 Å². The Kier molecular flexibility index (Phi) is 4.67. The third-order valence-corrected chi connectivity index (χ3v) is 5.02. The van der Waals surface area contributed by atoms with Crippen molar-refractivity contribution in [3.05, 3.63) is 34.3 Å². The number of imidazole rings is 1. The van der Waals surface area contributed by atoms with E-state index in [4.69, 9.17) is 0 Å². The van der Waals surface area contributed by atoms with Gasteiger partial charge in [0.05, 0.1) is 5.69 Å². The Labute approximate surface area is 132 Å². The highest BCUT2D eigenvalue weighted by atomic mass is 79.9. The molecule has 0 aromatic carbocycles. The van der Waals surface area contributed by atoms with E-state index >= 15 is 0 Å². The monoisotopic (exact) mass is 372 g/mol. The quantitative estimate of drug-likeness (QED) is 0.874. The zero-order valence-electron chi connectivity index (χ0n) is 12.1. The Hall–Kier alpha value is -1.41. The molecule has 2 rings (SSSR count). The van der Waals surface area contributed by atoms with Crippen LogP contribution in [0, 0.1) is 13.8 Å². The van der Waals surface area contributed by atoms with E-state index in [1.807, 2.05) is 11.5 Å². The van der Waals surface area contributed by atoms with E-state index in [1.165, 1.54) is 0 Å². The largest absolute Gasteiger partial charge is 0.334 e. The van der Waals surface area contributed by atoms with Crippen LogP contribution in [0.1, 0.15) is 24.9 Å². The summed E-state index contributed by atoms with van der Waals surface area (Å²) in [7, 11) is -3.72. The molecule has 0 saturated carbocycles. The molecule has 0 amide bonds. The highest BCUT2D eigenvalue weighted by molar-refractivity contribution is 9.10. The van der Waals surface area contributed by atoms with Gasteiger partial charge in [-0.3, -0.25) is 4.72 Å². The predicted molar refractivity (Wildman–Crippen MR) is 84.7 cm³/mol. The minimum Gasteiger partial charge on any atom is -0.334 e. The molecule has 2 aromatic heterocycles. The Morgan fingerprint density at radius 2 is 2.00 bits per heavy atom. The van der Waals surface area contributed by atoms with Crippen LogP contribution in [0.5, 0.6) is 0 Å². The molecule has 1 N–H and O–H groups in total. The molecule has 2 aromatic rings. The maximum absolute atomic E-state index is 12.3. The van der Waals surface area contributed by atoms with Gasteiger partial charge in [-0.15, -0.1) is 0 Å². The fourth-order valence-corrected chi connectivity index (χ4v) is 3.10. The van der Waals surface area contributed by atoms with Crippen LogP contribution in [-0.4, -0.2) is 23.0 Å². The van der Waals surface area contributed by atoms with Crippen LogP contribution in [0.25, 0.3) is 0 Å². The Morgan fingerprint density at radius 1 is 1.29 bits per heavy atom. The summed E-state index contributed by atoms with van der Waals surface area (Å²) in [5.74, 6) is 0.954. The lowest BCUT2D eigenvalue weighted by molar-refractivity contribution is 0.597. The number of hydrogen-bond donors (Lipinski definition) is 1. The van der Waals surface area contributed by atoms with Gasteiger partial charge in [0.15, 0.2) is 5.03 Å². The van der Waals surface area contributed by atoms with Crippen LogP contribution in [0.15, 0.2) is 27.8 Å². The average Bonchev–Trinajstić information content (AvgIpc) is 2.77. The van der Waals surface area contributed by atoms with Gasteiger partial charge in [0.1, 0.15) is 11.6 Å². The number of pyridine rings is 1. The van der Waals surface area contributed by atoms with Gasteiger partial charge in [-0.2, -0.15) is 8.42 Å². The molecule has 0 fully saturated rings. The highest BCUT2D eigenvalue weighted by Crippen LogP contribution is 2.19. The summed E-state index contributed by atoms with van der Waals surface area (Å²) in [5, 5.41) is 0.0100. The molecule has 0 atom stereocenters. The van der Waals surface area contributed by atoms with Crippen molar-refractivity contribution in [2.45, 2.75) is 38.8 Å². The lowest BCUT2D eigenvalue weighted by Gasteiger charge is -2.06. The van der Waals surface area contributed by atoms with Crippen molar-refractivity contribution in [1.29, 1.82) is 0 Å². The molecule has 0 saturated heterocycles. The van der Waals surface area contributed by atoms with Crippen molar-refractivity contribution < 1.29 is 8.42 Å². The van der Waals surface area contributed by atoms with Crippen LogP contribution in [0.3, 0.4) is 0 Å². The van der Waals surface area contributed by atoms with Gasteiger partial charge in [0.25, 0.3) is 10.0 Å². The number of aryl methyl sites for hydroxylation is 3. The molecule has 6 nitrogen and oxygen atoms in total. The van der Waals surface area contributed by atoms with E-state index in [-0.39, 0.29) is 10.8 Å². The number of rotatable bonds is 5. The van der Waals surface area contributed by atoms with E-state index in [0.717, 1.165) is 17.4 Å². The van der Waals surface area contributed by atoms with Crippen molar-refractivity contribution in [3.63, 3.8) is 0 Å². The van der Waals surface area contributed by atoms with E-state index in [0.29, 0.717) is 11.5 Å². The molecule has 0 unspecified atom stereocenters. The zero-order chi connectivity index (χ0) is 15.6. The first kappa shape index (κ1) is 16.0. The topological polar surface area (TPSA) is 76.9 Å². The molecular formula is C13H17BrN4O2S. The summed E-state index contributed by atoms with van der Waals surface area (Å²) in [6.07, 6.45) is 2.46. The maximum Gasteiger partial charge on any atom is 0.282 e. The van der Waals surface area contributed by atoms with Gasteiger partial charge in [-0.1, -0.05) is 6.92 Å². The molecule has 0 aliphatic rings. The maximum atomic E-state index is 12.3. The number of anilines is 1. The van der Waals surface area contributed by atoms with Crippen molar-refractivity contribution in [2.75, 3.05) is 4.72 Å². The molecule has 0 radical (unpaired) electrons. The molecule has 114 valence electrons. The SMILES string of the molecule is CCCn1cc(S(=O)(=O)Nc2ccc(Br)c(C)n2)nc1C. The number of hydrogen-bond acceptors (Lipinski definition) is 4. The fraction of sp³-hybridized carbons (Fsp3) is 0.385. The molecule has 0 spiro atoms. The molecule has 0 bridgehead atoms. The Balaban J connectivity index is 2.29. The highest BCUT2D eigenvalue weighted by Gasteiger charge is 2.20. The van der Waals surface area contributed by atoms with E-state index < -0.39 is 10.0 Å². The van der Waals surface area contributed by atoms with Crippen molar-refractivity contribution in [3.8, 4) is 0 Å². The van der Waals surface area contributed by atoms with E-state index in [1.54, 1.807) is 32.2 Å². The van der Waals surface area contributed by atoms with Crippen LogP contribution in [-0.2, 0) is 16.6 Å². The number of halogens is 1. The van der Waals surface area contributed by atoms with Crippen molar-refractivity contribution >= 4 is 31.8 Å². The number of sulfonamides is 1. The standard InChI is InChI=1S/C13H17BrN4O2S/c1-4-7-18-8-13(16-10(18)3)21(19,20)17-12-6-5-11(14)9(2)15-12/h5-6,8H,4,7H2,1-3H3,(H,15,17). The van der Waals surface area contributed by atoms with Gasteiger partial charge in [0, 0.05) is 17.2 Å². The third-order valence-electron chi connectivity index (χ3n) is 2.95. The molecule has 2 heterocycles. The zero-order valence-corrected chi connectivity index (χ0v) is 14.5. The lowest BCUT2D eigenvalue weighted by Crippen LogP contribution is -2.14. The van der Waals surface area contributed by atoms with Crippen LogP contribution in [0.2, 0.25) is 0 Å². The second-order valence-electron chi connectivity index (χ2n) is 4.69. The van der Waals surface area contributed by atoms with Crippen LogP contribution < -0.4 is 4.72 Å². The minimum atomic E-state index is -3.72. The number of nitrogens with zero attached hydrogens (tertiary/aromatic N) is 3. The lowest BCUT2D eigenvalue weighted by atomic mass is 10.4. The minimum absolute atomic E-state index is 0.0100. The van der Waals surface area contributed by atoms with Gasteiger partial charge in [0.2, 0.25) is 0 Å². The summed E-state index contributed by atoms with van der Waals surface area (Å²) >= 11 is 3.33. The first-order chi connectivity index (χ1) is 9.83. The van der Waals surface area contributed by atoms with E-state index in [9.17, 15) is 8.42 Å².